The van der Waals surface area contributed by atoms with Gasteiger partial charge >= 0.3 is 0 Å². The summed E-state index contributed by atoms with van der Waals surface area (Å²) in [5, 5.41) is 13.3. The Hall–Kier alpha value is -2.04. The molecule has 0 saturated carbocycles. The Morgan fingerprint density at radius 2 is 1.85 bits per heavy atom. The van der Waals surface area contributed by atoms with Crippen molar-refractivity contribution >= 4 is 0 Å². The summed E-state index contributed by atoms with van der Waals surface area (Å²) in [6.07, 6.45) is -0.495. The zero-order valence-electron chi connectivity index (χ0n) is 11.1. The van der Waals surface area contributed by atoms with Crippen molar-refractivity contribution in [2.45, 2.75) is 12.6 Å². The number of fused-ring (bicyclic) bond motifs is 1. The summed E-state index contributed by atoms with van der Waals surface area (Å²) in [6, 6.07) is 15.5. The van der Waals surface area contributed by atoms with Crippen LogP contribution in [0.3, 0.4) is 0 Å². The SMILES string of the molecule is OC(CNCc1ccc2c(c1)OCO2)c1ccccc1. The van der Waals surface area contributed by atoms with Crippen molar-refractivity contribution < 1.29 is 14.6 Å². The molecule has 4 nitrogen and oxygen atoms in total. The van der Waals surface area contributed by atoms with Crippen molar-refractivity contribution in [2.75, 3.05) is 13.3 Å². The van der Waals surface area contributed by atoms with Gasteiger partial charge in [-0.3, -0.25) is 0 Å². The van der Waals surface area contributed by atoms with Gasteiger partial charge in [0.15, 0.2) is 11.5 Å². The molecular weight excluding hydrogens is 254 g/mol. The fourth-order valence-corrected chi connectivity index (χ4v) is 2.20. The van der Waals surface area contributed by atoms with Gasteiger partial charge in [-0.2, -0.15) is 0 Å². The molecule has 1 aliphatic rings. The molecule has 0 spiro atoms. The molecule has 1 unspecified atom stereocenters. The molecule has 1 aliphatic heterocycles. The van der Waals surface area contributed by atoms with Crippen LogP contribution >= 0.6 is 0 Å². The van der Waals surface area contributed by atoms with E-state index < -0.39 is 6.10 Å². The Kier molecular flexibility index (Phi) is 3.85. The van der Waals surface area contributed by atoms with Gasteiger partial charge in [0.25, 0.3) is 0 Å². The van der Waals surface area contributed by atoms with Crippen molar-refractivity contribution in [3.63, 3.8) is 0 Å². The molecule has 0 aromatic heterocycles. The molecule has 0 fully saturated rings. The predicted molar refractivity (Wildman–Crippen MR) is 75.7 cm³/mol. The van der Waals surface area contributed by atoms with Crippen LogP contribution in [-0.4, -0.2) is 18.4 Å². The summed E-state index contributed by atoms with van der Waals surface area (Å²) in [5.74, 6) is 1.57. The first kappa shape index (κ1) is 13.0. The fraction of sp³-hybridized carbons (Fsp3) is 0.250. The molecule has 104 valence electrons. The molecular formula is C16H17NO3. The molecule has 1 heterocycles. The van der Waals surface area contributed by atoms with Crippen LogP contribution < -0.4 is 14.8 Å². The number of ether oxygens (including phenoxy) is 2. The van der Waals surface area contributed by atoms with E-state index in [0.29, 0.717) is 19.9 Å². The molecule has 2 aromatic rings. The van der Waals surface area contributed by atoms with E-state index in [-0.39, 0.29) is 0 Å². The third-order valence-electron chi connectivity index (χ3n) is 3.29. The molecule has 0 saturated heterocycles. The maximum absolute atomic E-state index is 10.0. The van der Waals surface area contributed by atoms with E-state index in [0.717, 1.165) is 22.6 Å². The number of hydrogen-bond acceptors (Lipinski definition) is 4. The van der Waals surface area contributed by atoms with E-state index in [4.69, 9.17) is 9.47 Å². The van der Waals surface area contributed by atoms with Crippen LogP contribution in [0.5, 0.6) is 11.5 Å². The van der Waals surface area contributed by atoms with Crippen molar-refractivity contribution in [1.29, 1.82) is 0 Å². The highest BCUT2D eigenvalue weighted by molar-refractivity contribution is 5.44. The van der Waals surface area contributed by atoms with Gasteiger partial charge in [-0.15, -0.1) is 0 Å². The highest BCUT2D eigenvalue weighted by Crippen LogP contribution is 2.32. The number of benzene rings is 2. The van der Waals surface area contributed by atoms with Gasteiger partial charge in [-0.05, 0) is 23.3 Å². The first-order valence-corrected chi connectivity index (χ1v) is 6.65. The maximum Gasteiger partial charge on any atom is 0.231 e. The zero-order chi connectivity index (χ0) is 13.8. The van der Waals surface area contributed by atoms with Crippen LogP contribution in [0, 0.1) is 0 Å². The summed E-state index contributed by atoms with van der Waals surface area (Å²) in [7, 11) is 0. The van der Waals surface area contributed by atoms with Gasteiger partial charge in [0.05, 0.1) is 6.10 Å². The Balaban J connectivity index is 1.53. The van der Waals surface area contributed by atoms with E-state index in [1.54, 1.807) is 0 Å². The smallest absolute Gasteiger partial charge is 0.231 e. The van der Waals surface area contributed by atoms with Crippen LogP contribution in [0.25, 0.3) is 0 Å². The third-order valence-corrected chi connectivity index (χ3v) is 3.29. The minimum absolute atomic E-state index is 0.291. The molecule has 4 heteroatoms. The molecule has 0 amide bonds. The second-order valence-corrected chi connectivity index (χ2v) is 4.74. The van der Waals surface area contributed by atoms with Crippen LogP contribution in [0.1, 0.15) is 17.2 Å². The standard InChI is InChI=1S/C16H17NO3/c18-14(13-4-2-1-3-5-13)10-17-9-12-6-7-15-16(8-12)20-11-19-15/h1-8,14,17-18H,9-11H2. The van der Waals surface area contributed by atoms with Gasteiger partial charge in [-0.1, -0.05) is 36.4 Å². The summed E-state index contributed by atoms with van der Waals surface area (Å²) < 4.78 is 10.6. The number of nitrogens with one attached hydrogen (secondary N) is 1. The van der Waals surface area contributed by atoms with E-state index in [2.05, 4.69) is 5.32 Å². The summed E-state index contributed by atoms with van der Waals surface area (Å²) in [4.78, 5) is 0. The van der Waals surface area contributed by atoms with Crippen LogP contribution in [0.15, 0.2) is 48.5 Å². The monoisotopic (exact) mass is 271 g/mol. The van der Waals surface area contributed by atoms with Crippen LogP contribution in [-0.2, 0) is 6.54 Å². The second-order valence-electron chi connectivity index (χ2n) is 4.74. The second kappa shape index (κ2) is 5.94. The molecule has 2 aromatic carbocycles. The number of aliphatic hydroxyl groups excluding tert-OH is 1. The van der Waals surface area contributed by atoms with Crippen molar-refractivity contribution in [3.8, 4) is 11.5 Å². The van der Waals surface area contributed by atoms with E-state index in [9.17, 15) is 5.11 Å². The molecule has 3 rings (SSSR count). The lowest BCUT2D eigenvalue weighted by atomic mass is 10.1. The highest BCUT2D eigenvalue weighted by Gasteiger charge is 2.13. The van der Waals surface area contributed by atoms with Crippen molar-refractivity contribution in [2.24, 2.45) is 0 Å². The predicted octanol–water partition coefficient (Wildman–Crippen LogP) is 2.24. The van der Waals surface area contributed by atoms with Gasteiger partial charge in [0.2, 0.25) is 6.79 Å². The quantitative estimate of drug-likeness (QED) is 0.875. The average Bonchev–Trinajstić information content (AvgIpc) is 2.95. The lowest BCUT2D eigenvalue weighted by molar-refractivity contribution is 0.173. The number of aliphatic hydroxyl groups is 1. The van der Waals surface area contributed by atoms with E-state index >= 15 is 0 Å². The minimum Gasteiger partial charge on any atom is -0.454 e. The molecule has 20 heavy (non-hydrogen) atoms. The molecule has 1 atom stereocenters. The summed E-state index contributed by atoms with van der Waals surface area (Å²) in [6.45, 7) is 1.48. The van der Waals surface area contributed by atoms with Gasteiger partial charge < -0.3 is 19.9 Å². The maximum atomic E-state index is 10.0. The van der Waals surface area contributed by atoms with E-state index in [1.165, 1.54) is 0 Å². The highest BCUT2D eigenvalue weighted by atomic mass is 16.7. The van der Waals surface area contributed by atoms with Crippen LogP contribution in [0.4, 0.5) is 0 Å². The number of hydrogen-bond donors (Lipinski definition) is 2. The van der Waals surface area contributed by atoms with E-state index in [1.807, 2.05) is 48.5 Å². The number of rotatable bonds is 5. The van der Waals surface area contributed by atoms with Crippen molar-refractivity contribution in [1.82, 2.24) is 5.32 Å². The Morgan fingerprint density at radius 1 is 1.05 bits per heavy atom. The Morgan fingerprint density at radius 3 is 2.70 bits per heavy atom. The first-order chi connectivity index (χ1) is 9.83. The van der Waals surface area contributed by atoms with Crippen molar-refractivity contribution in [3.05, 3.63) is 59.7 Å². The third kappa shape index (κ3) is 2.92. The Labute approximate surface area is 118 Å². The molecule has 0 radical (unpaired) electrons. The summed E-state index contributed by atoms with van der Waals surface area (Å²) >= 11 is 0. The first-order valence-electron chi connectivity index (χ1n) is 6.65. The largest absolute Gasteiger partial charge is 0.454 e. The molecule has 0 bridgehead atoms. The topological polar surface area (TPSA) is 50.7 Å². The lowest BCUT2D eigenvalue weighted by Crippen LogP contribution is -2.21. The molecule has 2 N–H and O–H groups in total. The van der Waals surface area contributed by atoms with Gasteiger partial charge in [-0.25, -0.2) is 0 Å². The molecule has 0 aliphatic carbocycles. The Bertz CT molecular complexity index is 571. The van der Waals surface area contributed by atoms with Gasteiger partial charge in [0, 0.05) is 13.1 Å². The zero-order valence-corrected chi connectivity index (χ0v) is 11.1. The van der Waals surface area contributed by atoms with Crippen LogP contribution in [0.2, 0.25) is 0 Å². The average molecular weight is 271 g/mol. The van der Waals surface area contributed by atoms with Gasteiger partial charge in [0.1, 0.15) is 0 Å². The lowest BCUT2D eigenvalue weighted by Gasteiger charge is -2.12. The minimum atomic E-state index is -0.495. The summed E-state index contributed by atoms with van der Waals surface area (Å²) in [5.41, 5.74) is 2.03. The normalized spacial score (nSPS) is 14.2. The fourth-order valence-electron chi connectivity index (χ4n) is 2.20.